The topological polar surface area (TPSA) is 107 Å². The van der Waals surface area contributed by atoms with Gasteiger partial charge >= 0.3 is 0 Å². The van der Waals surface area contributed by atoms with Crippen molar-refractivity contribution < 1.29 is 14.5 Å². The standard InChI is InChI=1S/C12H17N3O4/c1-19-7-6-10(13)12(16)14-8-9-4-2-3-5-11(9)15(17)18/h2-5,10H,6-8,13H2,1H3,(H,14,16). The number of nitrogens with two attached hydrogens (primary N) is 1. The minimum Gasteiger partial charge on any atom is -0.385 e. The highest BCUT2D eigenvalue weighted by atomic mass is 16.6. The van der Waals surface area contributed by atoms with Gasteiger partial charge < -0.3 is 15.8 Å². The van der Waals surface area contributed by atoms with Crippen molar-refractivity contribution in [3.05, 3.63) is 39.9 Å². The van der Waals surface area contributed by atoms with E-state index in [4.69, 9.17) is 10.5 Å². The summed E-state index contributed by atoms with van der Waals surface area (Å²) < 4.78 is 4.83. The van der Waals surface area contributed by atoms with Gasteiger partial charge in [-0.25, -0.2) is 0 Å². The Balaban J connectivity index is 2.57. The van der Waals surface area contributed by atoms with Crippen LogP contribution in [-0.4, -0.2) is 30.6 Å². The minimum atomic E-state index is -0.678. The van der Waals surface area contributed by atoms with Crippen LogP contribution in [0.4, 0.5) is 5.69 Å². The van der Waals surface area contributed by atoms with Gasteiger partial charge in [-0.3, -0.25) is 14.9 Å². The summed E-state index contributed by atoms with van der Waals surface area (Å²) in [6.07, 6.45) is 0.402. The summed E-state index contributed by atoms with van der Waals surface area (Å²) in [5.41, 5.74) is 6.06. The second kappa shape index (κ2) is 7.45. The zero-order chi connectivity index (χ0) is 14.3. The van der Waals surface area contributed by atoms with Crippen LogP contribution in [0.25, 0.3) is 0 Å². The first-order valence-electron chi connectivity index (χ1n) is 5.80. The number of hydrogen-bond acceptors (Lipinski definition) is 5. The van der Waals surface area contributed by atoms with Crippen LogP contribution in [0.15, 0.2) is 24.3 Å². The molecule has 0 spiro atoms. The zero-order valence-corrected chi connectivity index (χ0v) is 10.7. The van der Waals surface area contributed by atoms with Crippen molar-refractivity contribution in [1.82, 2.24) is 5.32 Å². The molecule has 0 aliphatic carbocycles. The number of amides is 1. The molecule has 1 unspecified atom stereocenters. The Labute approximate surface area is 110 Å². The quantitative estimate of drug-likeness (QED) is 0.555. The van der Waals surface area contributed by atoms with Crippen molar-refractivity contribution in [2.75, 3.05) is 13.7 Å². The third kappa shape index (κ3) is 4.65. The molecule has 1 aromatic carbocycles. The third-order valence-electron chi connectivity index (χ3n) is 2.61. The minimum absolute atomic E-state index is 0.0201. The van der Waals surface area contributed by atoms with Crippen LogP contribution in [0.5, 0.6) is 0 Å². The fourth-order valence-corrected chi connectivity index (χ4v) is 1.53. The molecule has 0 aliphatic heterocycles. The molecule has 0 aromatic heterocycles. The van der Waals surface area contributed by atoms with Gasteiger partial charge in [0, 0.05) is 31.9 Å². The molecule has 1 amide bonds. The summed E-state index contributed by atoms with van der Waals surface area (Å²) in [5, 5.41) is 13.4. The van der Waals surface area contributed by atoms with Gasteiger partial charge in [-0.15, -0.1) is 0 Å². The van der Waals surface area contributed by atoms with Crippen LogP contribution in [0.2, 0.25) is 0 Å². The summed E-state index contributed by atoms with van der Waals surface area (Å²) in [4.78, 5) is 22.0. The summed E-state index contributed by atoms with van der Waals surface area (Å²) in [6, 6.07) is 5.57. The molecule has 0 saturated carbocycles. The predicted molar refractivity (Wildman–Crippen MR) is 69.4 cm³/mol. The first kappa shape index (κ1) is 15.1. The van der Waals surface area contributed by atoms with Crippen molar-refractivity contribution in [1.29, 1.82) is 0 Å². The maximum atomic E-state index is 11.6. The van der Waals surface area contributed by atoms with Gasteiger partial charge in [0.1, 0.15) is 0 Å². The number of nitrogens with one attached hydrogen (secondary N) is 1. The van der Waals surface area contributed by atoms with Crippen molar-refractivity contribution in [3.8, 4) is 0 Å². The lowest BCUT2D eigenvalue weighted by Crippen LogP contribution is -2.40. The molecule has 1 aromatic rings. The maximum Gasteiger partial charge on any atom is 0.274 e. The number of nitro groups is 1. The van der Waals surface area contributed by atoms with E-state index in [1.165, 1.54) is 13.2 Å². The number of ether oxygens (including phenoxy) is 1. The molecule has 0 heterocycles. The molecule has 0 aliphatic rings. The Morgan fingerprint density at radius 1 is 1.53 bits per heavy atom. The fraction of sp³-hybridized carbons (Fsp3) is 0.417. The van der Waals surface area contributed by atoms with Crippen LogP contribution in [0.3, 0.4) is 0 Å². The Morgan fingerprint density at radius 2 is 2.21 bits per heavy atom. The fourth-order valence-electron chi connectivity index (χ4n) is 1.53. The predicted octanol–water partition coefficient (Wildman–Crippen LogP) is 0.575. The van der Waals surface area contributed by atoms with Gasteiger partial charge in [-0.2, -0.15) is 0 Å². The summed E-state index contributed by atoms with van der Waals surface area (Å²) in [7, 11) is 1.53. The smallest absolute Gasteiger partial charge is 0.274 e. The van der Waals surface area contributed by atoms with Crippen LogP contribution in [0, 0.1) is 10.1 Å². The molecule has 0 bridgehead atoms. The maximum absolute atomic E-state index is 11.6. The Bertz CT molecular complexity index is 450. The van der Waals surface area contributed by atoms with Crippen LogP contribution in [-0.2, 0) is 16.1 Å². The zero-order valence-electron chi connectivity index (χ0n) is 10.7. The van der Waals surface area contributed by atoms with E-state index in [0.29, 0.717) is 18.6 Å². The molecule has 1 rings (SSSR count). The summed E-state index contributed by atoms with van der Waals surface area (Å²) in [5.74, 6) is -0.352. The molecule has 19 heavy (non-hydrogen) atoms. The normalized spacial score (nSPS) is 11.9. The lowest BCUT2D eigenvalue weighted by Gasteiger charge is -2.11. The number of para-hydroxylation sites is 1. The highest BCUT2D eigenvalue weighted by Crippen LogP contribution is 2.17. The van der Waals surface area contributed by atoms with E-state index in [2.05, 4.69) is 5.32 Å². The van der Waals surface area contributed by atoms with Gasteiger partial charge in [-0.05, 0) is 6.42 Å². The molecular formula is C12H17N3O4. The monoisotopic (exact) mass is 267 g/mol. The van der Waals surface area contributed by atoms with Gasteiger partial charge in [0.2, 0.25) is 5.91 Å². The molecule has 104 valence electrons. The van der Waals surface area contributed by atoms with Gasteiger partial charge in [0.15, 0.2) is 0 Å². The molecule has 7 nitrogen and oxygen atoms in total. The van der Waals surface area contributed by atoms with Crippen molar-refractivity contribution in [3.63, 3.8) is 0 Å². The van der Waals surface area contributed by atoms with Crippen molar-refractivity contribution in [2.45, 2.75) is 19.0 Å². The largest absolute Gasteiger partial charge is 0.385 e. The Kier molecular flexibility index (Phi) is 5.91. The molecule has 7 heteroatoms. The first-order valence-corrected chi connectivity index (χ1v) is 5.80. The average molecular weight is 267 g/mol. The molecule has 1 atom stereocenters. The van der Waals surface area contributed by atoms with Crippen LogP contribution < -0.4 is 11.1 Å². The number of hydrogen-bond donors (Lipinski definition) is 2. The number of rotatable bonds is 7. The summed E-state index contributed by atoms with van der Waals surface area (Å²) in [6.45, 7) is 0.469. The Hall–Kier alpha value is -1.99. The number of carbonyl (C=O) groups is 1. The third-order valence-corrected chi connectivity index (χ3v) is 2.61. The number of nitrogens with zero attached hydrogens (tertiary/aromatic N) is 1. The van der Waals surface area contributed by atoms with Gasteiger partial charge in [-0.1, -0.05) is 18.2 Å². The van der Waals surface area contributed by atoms with E-state index in [1.807, 2.05) is 0 Å². The lowest BCUT2D eigenvalue weighted by atomic mass is 10.1. The second-order valence-electron chi connectivity index (χ2n) is 3.99. The molecule has 0 radical (unpaired) electrons. The highest BCUT2D eigenvalue weighted by Gasteiger charge is 2.16. The number of carbonyl (C=O) groups excluding carboxylic acids is 1. The van der Waals surface area contributed by atoms with Crippen LogP contribution in [0.1, 0.15) is 12.0 Å². The van der Waals surface area contributed by atoms with E-state index in [9.17, 15) is 14.9 Å². The molecule has 0 saturated heterocycles. The van der Waals surface area contributed by atoms with E-state index < -0.39 is 11.0 Å². The lowest BCUT2D eigenvalue weighted by molar-refractivity contribution is -0.385. The average Bonchev–Trinajstić information content (AvgIpc) is 2.42. The number of methoxy groups -OCH3 is 1. The van der Waals surface area contributed by atoms with Gasteiger partial charge in [0.25, 0.3) is 5.69 Å². The first-order chi connectivity index (χ1) is 9.06. The molecule has 3 N–H and O–H groups in total. The highest BCUT2D eigenvalue weighted by molar-refractivity contribution is 5.81. The van der Waals surface area contributed by atoms with E-state index in [-0.39, 0.29) is 18.1 Å². The SMILES string of the molecule is COCCC(N)C(=O)NCc1ccccc1[N+](=O)[O-]. The van der Waals surface area contributed by atoms with E-state index in [0.717, 1.165) is 0 Å². The van der Waals surface area contributed by atoms with E-state index >= 15 is 0 Å². The van der Waals surface area contributed by atoms with Gasteiger partial charge in [0.05, 0.1) is 11.0 Å². The second-order valence-corrected chi connectivity index (χ2v) is 3.99. The summed E-state index contributed by atoms with van der Waals surface area (Å²) >= 11 is 0. The van der Waals surface area contributed by atoms with E-state index in [1.54, 1.807) is 18.2 Å². The van der Waals surface area contributed by atoms with Crippen molar-refractivity contribution in [2.24, 2.45) is 5.73 Å². The van der Waals surface area contributed by atoms with Crippen LogP contribution >= 0.6 is 0 Å². The number of nitro benzene ring substituents is 1. The number of benzene rings is 1. The van der Waals surface area contributed by atoms with Crippen molar-refractivity contribution >= 4 is 11.6 Å². The Morgan fingerprint density at radius 3 is 2.84 bits per heavy atom. The molecule has 0 fully saturated rings. The molecular weight excluding hydrogens is 250 g/mol.